The summed E-state index contributed by atoms with van der Waals surface area (Å²) in [6.45, 7) is 7.44. The van der Waals surface area contributed by atoms with Crippen molar-refractivity contribution in [2.75, 3.05) is 46.4 Å². The van der Waals surface area contributed by atoms with Crippen molar-refractivity contribution in [3.8, 4) is 11.5 Å². The smallest absolute Gasteiger partial charge is 0.260 e. The van der Waals surface area contributed by atoms with Crippen molar-refractivity contribution in [1.82, 2.24) is 15.1 Å². The first kappa shape index (κ1) is 20.9. The zero-order chi connectivity index (χ0) is 19.8. The summed E-state index contributed by atoms with van der Waals surface area (Å²) >= 11 is 0. The number of benzene rings is 1. The van der Waals surface area contributed by atoms with Gasteiger partial charge in [-0.1, -0.05) is 6.07 Å². The van der Waals surface area contributed by atoms with Crippen molar-refractivity contribution >= 4 is 5.91 Å². The molecular weight excluding hydrogens is 354 g/mol. The minimum absolute atomic E-state index is 0.0650. The number of piperidine rings is 2. The van der Waals surface area contributed by atoms with Gasteiger partial charge in [0.05, 0.1) is 6.61 Å². The van der Waals surface area contributed by atoms with Crippen LogP contribution in [0.4, 0.5) is 0 Å². The third-order valence-electron chi connectivity index (χ3n) is 5.68. The molecule has 1 N–H and O–H groups in total. The third kappa shape index (κ3) is 6.11. The number of likely N-dealkylation sites (tertiary alicyclic amines) is 2. The van der Waals surface area contributed by atoms with Crippen LogP contribution in [0.2, 0.25) is 0 Å². The number of carbonyl (C=O) groups is 1. The molecule has 3 rings (SSSR count). The number of nitrogens with one attached hydrogen (secondary N) is 1. The Hall–Kier alpha value is -1.79. The summed E-state index contributed by atoms with van der Waals surface area (Å²) in [5.74, 6) is 1.43. The van der Waals surface area contributed by atoms with E-state index in [-0.39, 0.29) is 12.5 Å². The number of rotatable bonds is 8. The monoisotopic (exact) mass is 389 g/mol. The van der Waals surface area contributed by atoms with Crippen LogP contribution in [-0.2, 0) is 11.3 Å². The average molecular weight is 390 g/mol. The Kier molecular flexibility index (Phi) is 7.98. The fourth-order valence-corrected chi connectivity index (χ4v) is 3.90. The number of ether oxygens (including phenoxy) is 2. The first-order chi connectivity index (χ1) is 13.7. The fraction of sp³-hybridized carbons (Fsp3) is 0.682. The summed E-state index contributed by atoms with van der Waals surface area (Å²) in [6, 6.07) is 6.60. The number of carbonyl (C=O) groups excluding carboxylic acids is 1. The van der Waals surface area contributed by atoms with Crippen LogP contribution in [0.3, 0.4) is 0 Å². The van der Waals surface area contributed by atoms with Gasteiger partial charge < -0.3 is 24.6 Å². The van der Waals surface area contributed by atoms with Gasteiger partial charge in [0.1, 0.15) is 0 Å². The van der Waals surface area contributed by atoms with E-state index in [2.05, 4.69) is 23.3 Å². The summed E-state index contributed by atoms with van der Waals surface area (Å²) in [5, 5.41) is 3.66. The van der Waals surface area contributed by atoms with Gasteiger partial charge in [0.15, 0.2) is 18.1 Å². The summed E-state index contributed by atoms with van der Waals surface area (Å²) < 4.78 is 11.6. The molecule has 0 bridgehead atoms. The molecule has 156 valence electrons. The molecule has 0 unspecified atom stereocenters. The van der Waals surface area contributed by atoms with Gasteiger partial charge >= 0.3 is 0 Å². The van der Waals surface area contributed by atoms with Crippen molar-refractivity contribution in [3.05, 3.63) is 23.8 Å². The normalized spacial score (nSPS) is 18.9. The molecule has 1 amide bonds. The van der Waals surface area contributed by atoms with Gasteiger partial charge in [0.25, 0.3) is 5.91 Å². The molecule has 0 radical (unpaired) electrons. The van der Waals surface area contributed by atoms with Crippen LogP contribution in [0.25, 0.3) is 0 Å². The topological polar surface area (TPSA) is 54.0 Å². The number of hydrogen-bond acceptors (Lipinski definition) is 5. The molecular formula is C22H35N3O3. The predicted molar refractivity (Wildman–Crippen MR) is 111 cm³/mol. The maximum Gasteiger partial charge on any atom is 0.260 e. The van der Waals surface area contributed by atoms with E-state index in [1.165, 1.54) is 24.8 Å². The van der Waals surface area contributed by atoms with Gasteiger partial charge in [0, 0.05) is 25.7 Å². The molecule has 28 heavy (non-hydrogen) atoms. The molecule has 2 saturated heterocycles. The predicted octanol–water partition coefficient (Wildman–Crippen LogP) is 2.66. The molecule has 0 spiro atoms. The molecule has 1 aromatic rings. The van der Waals surface area contributed by atoms with E-state index in [1.807, 2.05) is 24.0 Å². The molecule has 6 heteroatoms. The third-order valence-corrected chi connectivity index (χ3v) is 5.68. The minimum atomic E-state index is 0.0650. The van der Waals surface area contributed by atoms with Crippen molar-refractivity contribution in [2.45, 2.75) is 51.6 Å². The highest BCUT2D eigenvalue weighted by Crippen LogP contribution is 2.29. The number of nitrogens with zero attached hydrogens (tertiary/aromatic N) is 2. The van der Waals surface area contributed by atoms with Crippen molar-refractivity contribution < 1.29 is 14.3 Å². The second kappa shape index (κ2) is 10.7. The molecule has 0 aliphatic carbocycles. The van der Waals surface area contributed by atoms with Crippen LogP contribution in [0.1, 0.15) is 44.6 Å². The Morgan fingerprint density at radius 2 is 1.82 bits per heavy atom. The fourth-order valence-electron chi connectivity index (χ4n) is 3.90. The van der Waals surface area contributed by atoms with Gasteiger partial charge in [-0.2, -0.15) is 0 Å². The number of amides is 1. The van der Waals surface area contributed by atoms with Crippen LogP contribution in [0.5, 0.6) is 11.5 Å². The second-order valence-corrected chi connectivity index (χ2v) is 7.90. The van der Waals surface area contributed by atoms with Crippen LogP contribution in [0.15, 0.2) is 18.2 Å². The van der Waals surface area contributed by atoms with Gasteiger partial charge in [-0.25, -0.2) is 0 Å². The average Bonchev–Trinajstić information content (AvgIpc) is 2.73. The molecule has 0 saturated carbocycles. The first-order valence-electron chi connectivity index (χ1n) is 10.7. The lowest BCUT2D eigenvalue weighted by Crippen LogP contribution is -2.40. The number of hydrogen-bond donors (Lipinski definition) is 1. The highest BCUT2D eigenvalue weighted by atomic mass is 16.5. The maximum absolute atomic E-state index is 12.4. The highest BCUT2D eigenvalue weighted by molar-refractivity contribution is 5.78. The summed E-state index contributed by atoms with van der Waals surface area (Å²) in [7, 11) is 2.18. The highest BCUT2D eigenvalue weighted by Gasteiger charge is 2.18. The molecule has 2 heterocycles. The Bertz CT molecular complexity index is 623. The standard InChI is InChI=1S/C22H35N3O3/c1-3-27-21-15-18(16-23-19-9-13-24(2)14-10-19)7-8-20(21)28-17-22(26)25-11-5-4-6-12-25/h7-8,15,19,23H,3-6,9-14,16-17H2,1-2H3. The largest absolute Gasteiger partial charge is 0.490 e. The lowest BCUT2D eigenvalue weighted by atomic mass is 10.1. The lowest BCUT2D eigenvalue weighted by Gasteiger charge is -2.29. The Morgan fingerprint density at radius 3 is 2.54 bits per heavy atom. The maximum atomic E-state index is 12.4. The van der Waals surface area contributed by atoms with Crippen LogP contribution in [0, 0.1) is 0 Å². The van der Waals surface area contributed by atoms with E-state index in [1.54, 1.807) is 0 Å². The van der Waals surface area contributed by atoms with Gasteiger partial charge in [-0.05, 0) is 76.9 Å². The molecule has 2 aliphatic rings. The summed E-state index contributed by atoms with van der Waals surface area (Å²) in [4.78, 5) is 16.6. The van der Waals surface area contributed by atoms with Crippen molar-refractivity contribution in [2.24, 2.45) is 0 Å². The first-order valence-corrected chi connectivity index (χ1v) is 10.7. The lowest BCUT2D eigenvalue weighted by molar-refractivity contribution is -0.134. The Labute approximate surface area is 169 Å². The van der Waals surface area contributed by atoms with Crippen LogP contribution >= 0.6 is 0 Å². The SMILES string of the molecule is CCOc1cc(CNC2CCN(C)CC2)ccc1OCC(=O)N1CCCCC1. The molecule has 1 aromatic carbocycles. The van der Waals surface area contributed by atoms with Gasteiger partial charge in [-0.15, -0.1) is 0 Å². The van der Waals surface area contributed by atoms with Crippen molar-refractivity contribution in [3.63, 3.8) is 0 Å². The molecule has 0 atom stereocenters. The zero-order valence-corrected chi connectivity index (χ0v) is 17.4. The van der Waals surface area contributed by atoms with E-state index in [9.17, 15) is 4.79 Å². The van der Waals surface area contributed by atoms with Crippen LogP contribution < -0.4 is 14.8 Å². The summed E-state index contributed by atoms with van der Waals surface area (Å²) in [5.41, 5.74) is 1.18. The van der Waals surface area contributed by atoms with Gasteiger partial charge in [-0.3, -0.25) is 4.79 Å². The molecule has 2 fully saturated rings. The summed E-state index contributed by atoms with van der Waals surface area (Å²) in [6.07, 6.45) is 5.78. The van der Waals surface area contributed by atoms with E-state index >= 15 is 0 Å². The van der Waals surface area contributed by atoms with E-state index in [0.717, 1.165) is 51.3 Å². The Morgan fingerprint density at radius 1 is 1.07 bits per heavy atom. The zero-order valence-electron chi connectivity index (χ0n) is 17.4. The van der Waals surface area contributed by atoms with Crippen LogP contribution in [-0.4, -0.2) is 68.2 Å². The van der Waals surface area contributed by atoms with E-state index < -0.39 is 0 Å². The van der Waals surface area contributed by atoms with Crippen molar-refractivity contribution in [1.29, 1.82) is 0 Å². The van der Waals surface area contributed by atoms with Gasteiger partial charge in [0.2, 0.25) is 0 Å². The minimum Gasteiger partial charge on any atom is -0.490 e. The van der Waals surface area contributed by atoms with E-state index in [0.29, 0.717) is 18.4 Å². The molecule has 2 aliphatic heterocycles. The molecule has 6 nitrogen and oxygen atoms in total. The quantitative estimate of drug-likeness (QED) is 0.741. The Balaban J connectivity index is 1.53. The second-order valence-electron chi connectivity index (χ2n) is 7.90. The molecule has 0 aromatic heterocycles. The van der Waals surface area contributed by atoms with E-state index in [4.69, 9.17) is 9.47 Å².